The van der Waals surface area contributed by atoms with Gasteiger partial charge in [-0.1, -0.05) is 0 Å². The predicted octanol–water partition coefficient (Wildman–Crippen LogP) is 2.11. The van der Waals surface area contributed by atoms with Crippen LogP contribution >= 0.6 is 0 Å². The molecule has 0 amide bonds. The Balaban J connectivity index is 2.55. The SMILES string of the molecule is CC(=O)OCCCOc1ccc(F)c(F)c1C=O. The van der Waals surface area contributed by atoms with E-state index in [1.807, 2.05) is 0 Å². The summed E-state index contributed by atoms with van der Waals surface area (Å²) in [5.74, 6) is -2.78. The van der Waals surface area contributed by atoms with E-state index in [1.54, 1.807) is 0 Å². The first-order chi connectivity index (χ1) is 8.56. The summed E-state index contributed by atoms with van der Waals surface area (Å²) in [7, 11) is 0. The molecule has 0 spiro atoms. The smallest absolute Gasteiger partial charge is 0.302 e. The average molecular weight is 258 g/mol. The fourth-order valence-electron chi connectivity index (χ4n) is 1.24. The molecule has 0 radical (unpaired) electrons. The van der Waals surface area contributed by atoms with E-state index in [-0.39, 0.29) is 25.2 Å². The highest BCUT2D eigenvalue weighted by Gasteiger charge is 2.13. The highest BCUT2D eigenvalue weighted by molar-refractivity contribution is 5.79. The second-order valence-electron chi connectivity index (χ2n) is 3.43. The van der Waals surface area contributed by atoms with Gasteiger partial charge in [-0.15, -0.1) is 0 Å². The number of carbonyl (C=O) groups is 2. The summed E-state index contributed by atoms with van der Waals surface area (Å²) in [6.07, 6.45) is 0.580. The number of hydrogen-bond donors (Lipinski definition) is 0. The van der Waals surface area contributed by atoms with E-state index in [4.69, 9.17) is 4.74 Å². The highest BCUT2D eigenvalue weighted by Crippen LogP contribution is 2.22. The lowest BCUT2D eigenvalue weighted by molar-refractivity contribution is -0.141. The number of benzene rings is 1. The van der Waals surface area contributed by atoms with Crippen LogP contribution in [-0.2, 0) is 9.53 Å². The van der Waals surface area contributed by atoms with Gasteiger partial charge in [-0.3, -0.25) is 9.59 Å². The number of hydrogen-bond acceptors (Lipinski definition) is 4. The molecular weight excluding hydrogens is 246 g/mol. The molecule has 98 valence electrons. The van der Waals surface area contributed by atoms with Gasteiger partial charge in [-0.2, -0.15) is 0 Å². The largest absolute Gasteiger partial charge is 0.493 e. The van der Waals surface area contributed by atoms with E-state index < -0.39 is 23.2 Å². The van der Waals surface area contributed by atoms with Crippen molar-refractivity contribution in [1.29, 1.82) is 0 Å². The molecule has 0 aliphatic heterocycles. The quantitative estimate of drug-likeness (QED) is 0.445. The fraction of sp³-hybridized carbons (Fsp3) is 0.333. The van der Waals surface area contributed by atoms with Crippen LogP contribution in [0.4, 0.5) is 8.78 Å². The summed E-state index contributed by atoms with van der Waals surface area (Å²) in [4.78, 5) is 21.1. The van der Waals surface area contributed by atoms with Gasteiger partial charge >= 0.3 is 5.97 Å². The fourth-order valence-corrected chi connectivity index (χ4v) is 1.24. The Morgan fingerprint density at radius 3 is 2.67 bits per heavy atom. The molecule has 18 heavy (non-hydrogen) atoms. The maximum Gasteiger partial charge on any atom is 0.302 e. The molecule has 0 bridgehead atoms. The van der Waals surface area contributed by atoms with Gasteiger partial charge in [0.15, 0.2) is 17.9 Å². The normalized spacial score (nSPS) is 9.94. The second kappa shape index (κ2) is 6.68. The van der Waals surface area contributed by atoms with Crippen LogP contribution in [0.1, 0.15) is 23.7 Å². The molecule has 0 saturated heterocycles. The van der Waals surface area contributed by atoms with Crippen molar-refractivity contribution in [2.75, 3.05) is 13.2 Å². The van der Waals surface area contributed by atoms with Crippen molar-refractivity contribution in [3.05, 3.63) is 29.3 Å². The summed E-state index contributed by atoms with van der Waals surface area (Å²) in [6.45, 7) is 1.56. The van der Waals surface area contributed by atoms with Crippen LogP contribution in [-0.4, -0.2) is 25.5 Å². The molecule has 0 saturated carbocycles. The number of halogens is 2. The van der Waals surface area contributed by atoms with Crippen molar-refractivity contribution in [3.8, 4) is 5.75 Å². The number of esters is 1. The lowest BCUT2D eigenvalue weighted by Crippen LogP contribution is -2.07. The highest BCUT2D eigenvalue weighted by atomic mass is 19.2. The van der Waals surface area contributed by atoms with Crippen molar-refractivity contribution < 1.29 is 27.8 Å². The van der Waals surface area contributed by atoms with Crippen LogP contribution in [0.5, 0.6) is 5.75 Å². The first kappa shape index (κ1) is 14.1. The molecule has 0 aromatic heterocycles. The summed E-state index contributed by atoms with van der Waals surface area (Å²) < 4.78 is 35.8. The minimum Gasteiger partial charge on any atom is -0.493 e. The molecule has 1 aromatic carbocycles. The molecule has 4 nitrogen and oxygen atoms in total. The summed E-state index contributed by atoms with van der Waals surface area (Å²) >= 11 is 0. The van der Waals surface area contributed by atoms with Crippen LogP contribution in [0.2, 0.25) is 0 Å². The van der Waals surface area contributed by atoms with Gasteiger partial charge in [0.1, 0.15) is 5.75 Å². The lowest BCUT2D eigenvalue weighted by Gasteiger charge is -2.09. The zero-order valence-electron chi connectivity index (χ0n) is 9.74. The van der Waals surface area contributed by atoms with E-state index in [2.05, 4.69) is 4.74 Å². The van der Waals surface area contributed by atoms with Gasteiger partial charge in [0.2, 0.25) is 0 Å². The van der Waals surface area contributed by atoms with Crippen LogP contribution in [0.3, 0.4) is 0 Å². The minimum atomic E-state index is -1.23. The Hall–Kier alpha value is -1.98. The molecule has 1 aromatic rings. The maximum atomic E-state index is 13.2. The Bertz CT molecular complexity index is 446. The molecule has 1 rings (SSSR count). The third-order valence-electron chi connectivity index (χ3n) is 2.06. The monoisotopic (exact) mass is 258 g/mol. The van der Waals surface area contributed by atoms with Gasteiger partial charge in [0.05, 0.1) is 18.8 Å². The topological polar surface area (TPSA) is 52.6 Å². The molecule has 0 heterocycles. The summed E-state index contributed by atoms with van der Waals surface area (Å²) in [6, 6.07) is 2.05. The Labute approximate surface area is 103 Å². The van der Waals surface area contributed by atoms with E-state index >= 15 is 0 Å². The van der Waals surface area contributed by atoms with Gasteiger partial charge in [-0.25, -0.2) is 8.78 Å². The first-order valence-electron chi connectivity index (χ1n) is 5.25. The van der Waals surface area contributed by atoms with E-state index in [1.165, 1.54) is 13.0 Å². The van der Waals surface area contributed by atoms with Gasteiger partial charge in [0.25, 0.3) is 0 Å². The third kappa shape index (κ3) is 3.80. The molecule has 6 heteroatoms. The van der Waals surface area contributed by atoms with Crippen molar-refractivity contribution in [3.63, 3.8) is 0 Å². The standard InChI is InChI=1S/C12H12F2O4/c1-8(16)17-5-2-6-18-11-4-3-10(13)12(14)9(11)7-15/h3-4,7H,2,5-6H2,1H3. The summed E-state index contributed by atoms with van der Waals surface area (Å²) in [5, 5.41) is 0. The Morgan fingerprint density at radius 2 is 2.06 bits per heavy atom. The number of ether oxygens (including phenoxy) is 2. The van der Waals surface area contributed by atoms with Crippen LogP contribution in [0, 0.1) is 11.6 Å². The van der Waals surface area contributed by atoms with Crippen LogP contribution in [0.15, 0.2) is 12.1 Å². The van der Waals surface area contributed by atoms with Crippen LogP contribution in [0.25, 0.3) is 0 Å². The summed E-state index contributed by atoms with van der Waals surface area (Å²) in [5.41, 5.74) is -0.456. The molecule has 0 fully saturated rings. The van der Waals surface area contributed by atoms with Crippen molar-refractivity contribution >= 4 is 12.3 Å². The average Bonchev–Trinajstić information content (AvgIpc) is 2.33. The molecule has 0 aliphatic rings. The van der Waals surface area contributed by atoms with Crippen LogP contribution < -0.4 is 4.74 Å². The number of aldehydes is 1. The minimum absolute atomic E-state index is 0.0354. The van der Waals surface area contributed by atoms with Crippen molar-refractivity contribution in [1.82, 2.24) is 0 Å². The third-order valence-corrected chi connectivity index (χ3v) is 2.06. The number of carbonyl (C=O) groups excluding carboxylic acids is 2. The van der Waals surface area contributed by atoms with E-state index in [9.17, 15) is 18.4 Å². The lowest BCUT2D eigenvalue weighted by atomic mass is 10.2. The first-order valence-corrected chi connectivity index (χ1v) is 5.25. The molecule has 0 atom stereocenters. The molecule has 0 aliphatic carbocycles. The van der Waals surface area contributed by atoms with Gasteiger partial charge in [0, 0.05) is 13.3 Å². The number of rotatable bonds is 6. The van der Waals surface area contributed by atoms with E-state index in [0.29, 0.717) is 6.42 Å². The zero-order valence-corrected chi connectivity index (χ0v) is 9.74. The Morgan fingerprint density at radius 1 is 1.33 bits per heavy atom. The van der Waals surface area contributed by atoms with Crippen molar-refractivity contribution in [2.45, 2.75) is 13.3 Å². The van der Waals surface area contributed by atoms with E-state index in [0.717, 1.165) is 6.07 Å². The predicted molar refractivity (Wildman–Crippen MR) is 58.5 cm³/mol. The molecular formula is C12H12F2O4. The molecule has 0 unspecified atom stereocenters. The van der Waals surface area contributed by atoms with Crippen molar-refractivity contribution in [2.24, 2.45) is 0 Å². The van der Waals surface area contributed by atoms with Gasteiger partial charge < -0.3 is 9.47 Å². The molecule has 0 N–H and O–H groups in total. The van der Waals surface area contributed by atoms with Gasteiger partial charge in [-0.05, 0) is 12.1 Å². The Kier molecular flexibility index (Phi) is 5.23. The second-order valence-corrected chi connectivity index (χ2v) is 3.43. The zero-order chi connectivity index (χ0) is 13.5. The maximum absolute atomic E-state index is 13.2.